The van der Waals surface area contributed by atoms with Gasteiger partial charge in [0.25, 0.3) is 10.2 Å². The van der Waals surface area contributed by atoms with Crippen LogP contribution in [-0.2, 0) is 21.5 Å². The lowest BCUT2D eigenvalue weighted by atomic mass is 10.00. The third kappa shape index (κ3) is 3.91. The van der Waals surface area contributed by atoms with Gasteiger partial charge in [-0.3, -0.25) is 9.48 Å². The lowest BCUT2D eigenvalue weighted by Gasteiger charge is -2.36. The third-order valence-electron chi connectivity index (χ3n) is 4.74. The standard InChI is InChI=1S/C17H21F2N5O3S/c1-4-24-9-12(10(2)21-24)15-8-16(23(3)28(26,27)22-15)17(25)20-14-6-5-11(18)7-13(14)19/h5-7,9,15-16,22H,4,8H2,1-3H3,(H,20,25). The van der Waals surface area contributed by atoms with Crippen molar-refractivity contribution in [2.45, 2.75) is 38.9 Å². The summed E-state index contributed by atoms with van der Waals surface area (Å²) in [5, 5.41) is 6.65. The van der Waals surface area contributed by atoms with Gasteiger partial charge in [0.05, 0.1) is 17.4 Å². The first kappa shape index (κ1) is 20.4. The zero-order valence-electron chi connectivity index (χ0n) is 15.6. The smallest absolute Gasteiger partial charge is 0.280 e. The van der Waals surface area contributed by atoms with E-state index in [0.29, 0.717) is 23.9 Å². The van der Waals surface area contributed by atoms with Crippen LogP contribution in [0.3, 0.4) is 0 Å². The fraction of sp³-hybridized carbons (Fsp3) is 0.412. The number of halogens is 2. The predicted octanol–water partition coefficient (Wildman–Crippen LogP) is 1.71. The van der Waals surface area contributed by atoms with Crippen LogP contribution in [0.5, 0.6) is 0 Å². The first-order chi connectivity index (χ1) is 13.1. The molecule has 0 bridgehead atoms. The number of nitrogens with zero attached hydrogens (tertiary/aromatic N) is 3. The van der Waals surface area contributed by atoms with Crippen molar-refractivity contribution < 1.29 is 22.0 Å². The molecular formula is C17H21F2N5O3S. The second kappa shape index (κ2) is 7.57. The molecule has 11 heteroatoms. The molecule has 1 aliphatic rings. The van der Waals surface area contributed by atoms with Crippen molar-refractivity contribution >= 4 is 21.8 Å². The molecule has 0 aliphatic carbocycles. The van der Waals surface area contributed by atoms with Crippen LogP contribution in [0.4, 0.5) is 14.5 Å². The summed E-state index contributed by atoms with van der Waals surface area (Å²) in [6.45, 7) is 4.29. The summed E-state index contributed by atoms with van der Waals surface area (Å²) < 4.78 is 57.1. The van der Waals surface area contributed by atoms with Gasteiger partial charge in [0.1, 0.15) is 17.7 Å². The number of hydrogen-bond acceptors (Lipinski definition) is 4. The molecule has 2 heterocycles. The molecule has 2 aromatic rings. The molecule has 0 saturated carbocycles. The third-order valence-corrected chi connectivity index (χ3v) is 6.34. The highest BCUT2D eigenvalue weighted by Gasteiger charge is 2.41. The van der Waals surface area contributed by atoms with Crippen LogP contribution in [0.2, 0.25) is 0 Å². The quantitative estimate of drug-likeness (QED) is 0.798. The summed E-state index contributed by atoms with van der Waals surface area (Å²) in [5.74, 6) is -2.42. The Morgan fingerprint density at radius 1 is 1.39 bits per heavy atom. The van der Waals surface area contributed by atoms with E-state index in [1.54, 1.807) is 17.8 Å². The van der Waals surface area contributed by atoms with Crippen LogP contribution >= 0.6 is 0 Å². The van der Waals surface area contributed by atoms with Gasteiger partial charge in [-0.15, -0.1) is 0 Å². The van der Waals surface area contributed by atoms with Gasteiger partial charge in [-0.1, -0.05) is 0 Å². The molecule has 28 heavy (non-hydrogen) atoms. The topological polar surface area (TPSA) is 96.3 Å². The predicted molar refractivity (Wildman–Crippen MR) is 98.6 cm³/mol. The number of aromatic nitrogens is 2. The number of carbonyl (C=O) groups excluding carboxylic acids is 1. The second-order valence-electron chi connectivity index (χ2n) is 6.58. The average Bonchev–Trinajstić information content (AvgIpc) is 3.00. The van der Waals surface area contributed by atoms with Crippen molar-refractivity contribution in [1.29, 1.82) is 0 Å². The molecule has 2 unspecified atom stereocenters. The summed E-state index contributed by atoms with van der Waals surface area (Å²) in [4.78, 5) is 12.7. The zero-order valence-corrected chi connectivity index (χ0v) is 16.4. The molecule has 152 valence electrons. The Kier molecular flexibility index (Phi) is 5.50. The van der Waals surface area contributed by atoms with Crippen LogP contribution in [0.15, 0.2) is 24.4 Å². The van der Waals surface area contributed by atoms with Crippen LogP contribution in [0.1, 0.15) is 30.6 Å². The lowest BCUT2D eigenvalue weighted by Crippen LogP contribution is -2.56. The minimum atomic E-state index is -3.94. The SMILES string of the molecule is CCn1cc(C2CC(C(=O)Nc3ccc(F)cc3F)N(C)S(=O)(=O)N2)c(C)n1. The van der Waals surface area contributed by atoms with Gasteiger partial charge in [-0.05, 0) is 32.4 Å². The van der Waals surface area contributed by atoms with E-state index in [9.17, 15) is 22.0 Å². The summed E-state index contributed by atoms with van der Waals surface area (Å²) in [6, 6.07) is 1.00. The summed E-state index contributed by atoms with van der Waals surface area (Å²) in [5.41, 5.74) is 1.11. The summed E-state index contributed by atoms with van der Waals surface area (Å²) in [6.07, 6.45) is 1.86. The Morgan fingerprint density at radius 2 is 2.11 bits per heavy atom. The number of benzene rings is 1. The van der Waals surface area contributed by atoms with E-state index < -0.39 is 39.8 Å². The van der Waals surface area contributed by atoms with E-state index in [4.69, 9.17) is 0 Å². The number of anilines is 1. The number of carbonyl (C=O) groups is 1. The van der Waals surface area contributed by atoms with Crippen molar-refractivity contribution in [3.8, 4) is 0 Å². The minimum absolute atomic E-state index is 0.126. The van der Waals surface area contributed by atoms with Crippen molar-refractivity contribution in [3.05, 3.63) is 47.3 Å². The van der Waals surface area contributed by atoms with Crippen LogP contribution in [0.25, 0.3) is 0 Å². The molecule has 1 amide bonds. The number of rotatable bonds is 4. The number of amides is 1. The van der Waals surface area contributed by atoms with E-state index in [0.717, 1.165) is 16.4 Å². The Morgan fingerprint density at radius 3 is 2.71 bits per heavy atom. The molecule has 1 aromatic carbocycles. The van der Waals surface area contributed by atoms with Crippen molar-refractivity contribution in [3.63, 3.8) is 0 Å². The normalized spacial score (nSPS) is 22.2. The Labute approximate surface area is 161 Å². The van der Waals surface area contributed by atoms with Gasteiger partial charge >= 0.3 is 0 Å². The van der Waals surface area contributed by atoms with Crippen molar-refractivity contribution in [2.75, 3.05) is 12.4 Å². The van der Waals surface area contributed by atoms with Crippen molar-refractivity contribution in [2.24, 2.45) is 0 Å². The van der Waals surface area contributed by atoms with E-state index in [2.05, 4.69) is 15.1 Å². The van der Waals surface area contributed by atoms with Gasteiger partial charge in [0.15, 0.2) is 0 Å². The van der Waals surface area contributed by atoms with Crippen LogP contribution in [0, 0.1) is 18.6 Å². The monoisotopic (exact) mass is 413 g/mol. The maximum atomic E-state index is 13.9. The number of aryl methyl sites for hydroxylation is 2. The first-order valence-corrected chi connectivity index (χ1v) is 10.1. The van der Waals surface area contributed by atoms with Gasteiger partial charge < -0.3 is 5.32 Å². The molecule has 0 spiro atoms. The molecule has 3 rings (SSSR count). The van der Waals surface area contributed by atoms with Gasteiger partial charge in [0, 0.05) is 31.4 Å². The minimum Gasteiger partial charge on any atom is -0.322 e. The molecule has 1 aromatic heterocycles. The highest BCUT2D eigenvalue weighted by atomic mass is 32.2. The summed E-state index contributed by atoms with van der Waals surface area (Å²) in [7, 11) is -2.67. The van der Waals surface area contributed by atoms with E-state index in [1.807, 2.05) is 6.92 Å². The molecular weight excluding hydrogens is 392 g/mol. The molecule has 2 atom stereocenters. The molecule has 8 nitrogen and oxygen atoms in total. The van der Waals surface area contributed by atoms with E-state index in [1.165, 1.54) is 7.05 Å². The molecule has 0 radical (unpaired) electrons. The van der Waals surface area contributed by atoms with Crippen LogP contribution < -0.4 is 10.0 Å². The Hall–Kier alpha value is -2.37. The maximum Gasteiger partial charge on any atom is 0.280 e. The van der Waals surface area contributed by atoms with Gasteiger partial charge in [0.2, 0.25) is 5.91 Å². The average molecular weight is 413 g/mol. The maximum absolute atomic E-state index is 13.9. The second-order valence-corrected chi connectivity index (χ2v) is 8.34. The highest BCUT2D eigenvalue weighted by molar-refractivity contribution is 7.87. The lowest BCUT2D eigenvalue weighted by molar-refractivity contribution is -0.120. The molecule has 2 N–H and O–H groups in total. The van der Waals surface area contributed by atoms with E-state index >= 15 is 0 Å². The Balaban J connectivity index is 1.88. The number of likely N-dealkylation sites (N-methyl/N-ethyl adjacent to an activating group) is 1. The fourth-order valence-corrected chi connectivity index (χ4v) is 4.42. The van der Waals surface area contributed by atoms with Gasteiger partial charge in [-0.2, -0.15) is 22.5 Å². The molecule has 1 saturated heterocycles. The van der Waals surface area contributed by atoms with Crippen LogP contribution in [-0.4, -0.2) is 41.5 Å². The summed E-state index contributed by atoms with van der Waals surface area (Å²) >= 11 is 0. The Bertz CT molecular complexity index is 1010. The van der Waals surface area contributed by atoms with E-state index in [-0.39, 0.29) is 12.1 Å². The number of nitrogens with one attached hydrogen (secondary N) is 2. The fourth-order valence-electron chi connectivity index (χ4n) is 3.16. The molecule has 1 fully saturated rings. The first-order valence-electron chi connectivity index (χ1n) is 8.67. The number of hydrogen-bond donors (Lipinski definition) is 2. The van der Waals surface area contributed by atoms with Crippen molar-refractivity contribution in [1.82, 2.24) is 18.8 Å². The highest BCUT2D eigenvalue weighted by Crippen LogP contribution is 2.30. The zero-order chi connectivity index (χ0) is 20.6. The van der Waals surface area contributed by atoms with Gasteiger partial charge in [-0.25, -0.2) is 8.78 Å². The molecule has 1 aliphatic heterocycles. The largest absolute Gasteiger partial charge is 0.322 e.